The molecule has 1 aliphatic rings. The quantitative estimate of drug-likeness (QED) is 0.866. The number of likely N-dealkylation sites (tertiary alicyclic amines) is 1. The van der Waals surface area contributed by atoms with Gasteiger partial charge < -0.3 is 5.11 Å². The third-order valence-corrected chi connectivity index (χ3v) is 3.40. The lowest BCUT2D eigenvalue weighted by atomic mass is 9.90. The molecule has 2 unspecified atom stereocenters. The van der Waals surface area contributed by atoms with Crippen molar-refractivity contribution in [2.75, 3.05) is 6.54 Å². The molecule has 1 N–H and O–H groups in total. The zero-order chi connectivity index (χ0) is 12.3. The molecule has 2 atom stereocenters. The SMILES string of the molecule is CC1CCCN(Cc2cccnc2)C1C(=O)O. The van der Waals surface area contributed by atoms with Crippen molar-refractivity contribution in [3.63, 3.8) is 0 Å². The first-order valence-corrected chi connectivity index (χ1v) is 6.04. The summed E-state index contributed by atoms with van der Waals surface area (Å²) in [6, 6.07) is 3.52. The highest BCUT2D eigenvalue weighted by molar-refractivity contribution is 5.74. The Bertz CT molecular complexity index is 380. The monoisotopic (exact) mass is 234 g/mol. The van der Waals surface area contributed by atoms with Gasteiger partial charge in [0.25, 0.3) is 0 Å². The Labute approximate surface area is 101 Å². The Morgan fingerprint density at radius 3 is 3.12 bits per heavy atom. The van der Waals surface area contributed by atoms with Gasteiger partial charge in [0.05, 0.1) is 0 Å². The van der Waals surface area contributed by atoms with E-state index in [9.17, 15) is 9.90 Å². The van der Waals surface area contributed by atoms with Crippen LogP contribution in [-0.2, 0) is 11.3 Å². The van der Waals surface area contributed by atoms with Crippen LogP contribution < -0.4 is 0 Å². The molecule has 1 aliphatic heterocycles. The Kier molecular flexibility index (Phi) is 3.74. The van der Waals surface area contributed by atoms with Gasteiger partial charge in [0.1, 0.15) is 6.04 Å². The molecule has 4 nitrogen and oxygen atoms in total. The molecule has 0 radical (unpaired) electrons. The van der Waals surface area contributed by atoms with Crippen LogP contribution in [0.25, 0.3) is 0 Å². The van der Waals surface area contributed by atoms with Crippen molar-refractivity contribution in [2.24, 2.45) is 5.92 Å². The van der Waals surface area contributed by atoms with E-state index >= 15 is 0 Å². The highest BCUT2D eigenvalue weighted by Gasteiger charge is 2.33. The lowest BCUT2D eigenvalue weighted by Crippen LogP contribution is -2.48. The van der Waals surface area contributed by atoms with Gasteiger partial charge in [0.15, 0.2) is 0 Å². The first kappa shape index (κ1) is 12.0. The van der Waals surface area contributed by atoms with Crippen molar-refractivity contribution in [1.29, 1.82) is 0 Å². The first-order chi connectivity index (χ1) is 8.18. The smallest absolute Gasteiger partial charge is 0.321 e. The van der Waals surface area contributed by atoms with Gasteiger partial charge in [-0.2, -0.15) is 0 Å². The van der Waals surface area contributed by atoms with Crippen molar-refractivity contribution < 1.29 is 9.90 Å². The zero-order valence-corrected chi connectivity index (χ0v) is 10.0. The predicted molar refractivity (Wildman–Crippen MR) is 64.5 cm³/mol. The largest absolute Gasteiger partial charge is 0.480 e. The van der Waals surface area contributed by atoms with Gasteiger partial charge in [-0.25, -0.2) is 0 Å². The Morgan fingerprint density at radius 2 is 2.47 bits per heavy atom. The maximum Gasteiger partial charge on any atom is 0.321 e. The Balaban J connectivity index is 2.10. The van der Waals surface area contributed by atoms with E-state index in [4.69, 9.17) is 0 Å². The summed E-state index contributed by atoms with van der Waals surface area (Å²) in [6.07, 6.45) is 5.61. The topological polar surface area (TPSA) is 53.4 Å². The molecule has 0 saturated carbocycles. The van der Waals surface area contributed by atoms with Crippen molar-refractivity contribution in [3.05, 3.63) is 30.1 Å². The fraction of sp³-hybridized carbons (Fsp3) is 0.538. The summed E-state index contributed by atoms with van der Waals surface area (Å²) in [5, 5.41) is 9.30. The summed E-state index contributed by atoms with van der Waals surface area (Å²) in [7, 11) is 0. The van der Waals surface area contributed by atoms with Crippen molar-refractivity contribution >= 4 is 5.97 Å². The average Bonchev–Trinajstić information content (AvgIpc) is 2.30. The maximum atomic E-state index is 11.3. The van der Waals surface area contributed by atoms with E-state index in [2.05, 4.69) is 4.98 Å². The maximum absolute atomic E-state index is 11.3. The normalized spacial score (nSPS) is 25.7. The number of aliphatic carboxylic acids is 1. The molecule has 0 spiro atoms. The number of carboxylic acids is 1. The second-order valence-electron chi connectivity index (χ2n) is 4.73. The van der Waals surface area contributed by atoms with Crippen LogP contribution in [0.2, 0.25) is 0 Å². The van der Waals surface area contributed by atoms with E-state index in [0.29, 0.717) is 6.54 Å². The molecule has 2 rings (SSSR count). The standard InChI is InChI=1S/C13H18N2O2/c1-10-4-3-7-15(12(10)13(16)17)9-11-5-2-6-14-8-11/h2,5-6,8,10,12H,3-4,7,9H2,1H3,(H,16,17). The van der Waals surface area contributed by atoms with Gasteiger partial charge in [-0.1, -0.05) is 13.0 Å². The zero-order valence-electron chi connectivity index (χ0n) is 10.0. The third-order valence-electron chi connectivity index (χ3n) is 3.40. The Morgan fingerprint density at radius 1 is 1.65 bits per heavy atom. The number of hydrogen-bond donors (Lipinski definition) is 1. The predicted octanol–water partition coefficient (Wildman–Crippen LogP) is 1.77. The van der Waals surface area contributed by atoms with Crippen LogP contribution in [-0.4, -0.2) is 33.5 Å². The minimum Gasteiger partial charge on any atom is -0.480 e. The van der Waals surface area contributed by atoms with Crippen LogP contribution >= 0.6 is 0 Å². The van der Waals surface area contributed by atoms with Crippen LogP contribution in [0.3, 0.4) is 0 Å². The first-order valence-electron chi connectivity index (χ1n) is 6.04. The van der Waals surface area contributed by atoms with E-state index in [1.165, 1.54) is 0 Å². The summed E-state index contributed by atoms with van der Waals surface area (Å²) >= 11 is 0. The van der Waals surface area contributed by atoms with E-state index in [1.54, 1.807) is 12.4 Å². The summed E-state index contributed by atoms with van der Waals surface area (Å²) in [6.45, 7) is 3.56. The number of hydrogen-bond acceptors (Lipinski definition) is 3. The second kappa shape index (κ2) is 5.27. The number of pyridine rings is 1. The number of rotatable bonds is 3. The summed E-state index contributed by atoms with van der Waals surface area (Å²) in [5.74, 6) is -0.487. The van der Waals surface area contributed by atoms with Gasteiger partial charge >= 0.3 is 5.97 Å². The van der Waals surface area contributed by atoms with E-state index in [-0.39, 0.29) is 12.0 Å². The minimum absolute atomic E-state index is 0.220. The molecule has 0 aromatic carbocycles. The summed E-state index contributed by atoms with van der Waals surface area (Å²) in [5.41, 5.74) is 1.08. The minimum atomic E-state index is -0.707. The highest BCUT2D eigenvalue weighted by atomic mass is 16.4. The molecule has 0 bridgehead atoms. The molecule has 0 amide bonds. The van der Waals surface area contributed by atoms with Gasteiger partial charge in [0, 0.05) is 18.9 Å². The van der Waals surface area contributed by atoms with Crippen LogP contribution in [0.5, 0.6) is 0 Å². The molecular formula is C13H18N2O2. The van der Waals surface area contributed by atoms with Gasteiger partial charge in [0.2, 0.25) is 0 Å². The molecular weight excluding hydrogens is 216 g/mol. The molecule has 1 saturated heterocycles. The lowest BCUT2D eigenvalue weighted by Gasteiger charge is -2.37. The van der Waals surface area contributed by atoms with Crippen molar-refractivity contribution in [3.8, 4) is 0 Å². The van der Waals surface area contributed by atoms with Gasteiger partial charge in [-0.3, -0.25) is 14.7 Å². The molecule has 1 aromatic rings. The van der Waals surface area contributed by atoms with Crippen LogP contribution in [0.4, 0.5) is 0 Å². The fourth-order valence-corrected chi connectivity index (χ4v) is 2.58. The number of aromatic nitrogens is 1. The van der Waals surface area contributed by atoms with Gasteiger partial charge in [-0.15, -0.1) is 0 Å². The second-order valence-corrected chi connectivity index (χ2v) is 4.73. The lowest BCUT2D eigenvalue weighted by molar-refractivity contribution is -0.147. The number of carboxylic acid groups (broad SMARTS) is 1. The average molecular weight is 234 g/mol. The molecule has 17 heavy (non-hydrogen) atoms. The molecule has 1 fully saturated rings. The van der Waals surface area contributed by atoms with Crippen LogP contribution in [0, 0.1) is 5.92 Å². The van der Waals surface area contributed by atoms with E-state index in [0.717, 1.165) is 24.9 Å². The number of nitrogens with zero attached hydrogens (tertiary/aromatic N) is 2. The summed E-state index contributed by atoms with van der Waals surface area (Å²) in [4.78, 5) is 17.4. The molecule has 0 aliphatic carbocycles. The molecule has 2 heterocycles. The van der Waals surface area contributed by atoms with Crippen molar-refractivity contribution in [1.82, 2.24) is 9.88 Å². The Hall–Kier alpha value is -1.42. The molecule has 4 heteroatoms. The van der Waals surface area contributed by atoms with E-state index in [1.807, 2.05) is 24.0 Å². The fourth-order valence-electron chi connectivity index (χ4n) is 2.58. The van der Waals surface area contributed by atoms with Gasteiger partial charge in [-0.05, 0) is 36.9 Å². The van der Waals surface area contributed by atoms with Crippen LogP contribution in [0.1, 0.15) is 25.3 Å². The summed E-state index contributed by atoms with van der Waals surface area (Å²) < 4.78 is 0. The van der Waals surface area contributed by atoms with E-state index < -0.39 is 5.97 Å². The van der Waals surface area contributed by atoms with Crippen LogP contribution in [0.15, 0.2) is 24.5 Å². The highest BCUT2D eigenvalue weighted by Crippen LogP contribution is 2.24. The number of piperidine rings is 1. The molecule has 1 aromatic heterocycles. The third kappa shape index (κ3) is 2.82. The molecule has 92 valence electrons. The number of carbonyl (C=O) groups is 1. The van der Waals surface area contributed by atoms with Crippen molar-refractivity contribution in [2.45, 2.75) is 32.4 Å².